The lowest BCUT2D eigenvalue weighted by Gasteiger charge is -2.35. The van der Waals surface area contributed by atoms with Crippen molar-refractivity contribution in [1.29, 1.82) is 0 Å². The quantitative estimate of drug-likeness (QED) is 0.667. The molecule has 1 aromatic rings. The number of hydroxylamine groups is 2. The van der Waals surface area contributed by atoms with Gasteiger partial charge in [-0.25, -0.2) is 9.59 Å². The normalized spacial score (nSPS) is 25.7. The molecule has 0 N–H and O–H groups in total. The maximum absolute atomic E-state index is 13.5. The molecule has 2 aliphatic heterocycles. The smallest absolute Gasteiger partial charge is 0.410 e. The van der Waals surface area contributed by atoms with E-state index in [0.29, 0.717) is 30.9 Å². The minimum atomic E-state index is -0.956. The van der Waals surface area contributed by atoms with Crippen LogP contribution in [0.5, 0.6) is 0 Å². The number of likely N-dealkylation sites (tertiary alicyclic amines) is 1. The summed E-state index contributed by atoms with van der Waals surface area (Å²) in [6.45, 7) is 5.78. The van der Waals surface area contributed by atoms with Gasteiger partial charge in [0.1, 0.15) is 5.60 Å². The number of carbonyl (C=O) groups excluding carboxylic acids is 4. The van der Waals surface area contributed by atoms with Crippen molar-refractivity contribution in [2.24, 2.45) is 5.41 Å². The highest BCUT2D eigenvalue weighted by atomic mass is 16.7. The topological polar surface area (TPSA) is 93.2 Å². The van der Waals surface area contributed by atoms with Gasteiger partial charge in [0, 0.05) is 6.54 Å². The van der Waals surface area contributed by atoms with Crippen LogP contribution in [0.1, 0.15) is 80.0 Å². The number of hydrogen-bond acceptors (Lipinski definition) is 6. The molecule has 2 heterocycles. The van der Waals surface area contributed by atoms with Crippen LogP contribution in [0, 0.1) is 5.41 Å². The van der Waals surface area contributed by atoms with Crippen molar-refractivity contribution in [2.45, 2.75) is 70.9 Å². The van der Waals surface area contributed by atoms with Crippen LogP contribution in [0.2, 0.25) is 0 Å². The second-order valence-electron chi connectivity index (χ2n) is 9.52. The summed E-state index contributed by atoms with van der Waals surface area (Å²) >= 11 is 0. The van der Waals surface area contributed by atoms with E-state index < -0.39 is 34.9 Å². The fourth-order valence-electron chi connectivity index (χ4n) is 4.92. The SMILES string of the molecule is CC(C)(C)OC(=O)N1CCC2(C(=O)ON3C(=O)c4ccccc4C3=O)CCCCCC12. The van der Waals surface area contributed by atoms with Gasteiger partial charge in [-0.05, 0) is 52.2 Å². The zero-order valence-electron chi connectivity index (χ0n) is 18.2. The second-order valence-corrected chi connectivity index (χ2v) is 9.52. The fourth-order valence-corrected chi connectivity index (χ4v) is 4.92. The highest BCUT2D eigenvalue weighted by Gasteiger charge is 2.57. The summed E-state index contributed by atoms with van der Waals surface area (Å²) in [5, 5.41) is 0.569. The van der Waals surface area contributed by atoms with Gasteiger partial charge < -0.3 is 14.5 Å². The molecule has 1 aliphatic carbocycles. The van der Waals surface area contributed by atoms with Gasteiger partial charge in [-0.2, -0.15) is 0 Å². The highest BCUT2D eigenvalue weighted by Crippen LogP contribution is 2.47. The Balaban J connectivity index is 1.58. The predicted octanol–water partition coefficient (Wildman–Crippen LogP) is 3.70. The van der Waals surface area contributed by atoms with Crippen LogP contribution in [0.15, 0.2) is 24.3 Å². The molecule has 0 bridgehead atoms. The molecular formula is C23H28N2O6. The van der Waals surface area contributed by atoms with Crippen molar-refractivity contribution in [3.05, 3.63) is 35.4 Å². The average molecular weight is 428 g/mol. The Morgan fingerprint density at radius 3 is 2.26 bits per heavy atom. The van der Waals surface area contributed by atoms with E-state index in [1.165, 1.54) is 12.1 Å². The summed E-state index contributed by atoms with van der Waals surface area (Å²) in [6.07, 6.45) is 3.80. The number of ether oxygens (including phenoxy) is 1. The molecule has 3 amide bonds. The molecule has 1 saturated carbocycles. The zero-order chi connectivity index (χ0) is 22.4. The molecule has 4 rings (SSSR count). The zero-order valence-corrected chi connectivity index (χ0v) is 18.2. The minimum absolute atomic E-state index is 0.219. The number of amides is 3. The number of rotatable bonds is 2. The van der Waals surface area contributed by atoms with Gasteiger partial charge in [-0.15, -0.1) is 0 Å². The summed E-state index contributed by atoms with van der Waals surface area (Å²) in [7, 11) is 0. The van der Waals surface area contributed by atoms with E-state index in [4.69, 9.17) is 9.57 Å². The highest BCUT2D eigenvalue weighted by molar-refractivity contribution is 6.20. The Labute approximate surface area is 181 Å². The molecule has 1 saturated heterocycles. The molecule has 2 fully saturated rings. The van der Waals surface area contributed by atoms with E-state index >= 15 is 0 Å². The van der Waals surface area contributed by atoms with Crippen LogP contribution in [0.3, 0.4) is 0 Å². The van der Waals surface area contributed by atoms with Crippen LogP contribution in [0.25, 0.3) is 0 Å². The molecule has 2 unspecified atom stereocenters. The first-order valence-corrected chi connectivity index (χ1v) is 10.8. The predicted molar refractivity (Wildman–Crippen MR) is 110 cm³/mol. The number of imide groups is 1. The van der Waals surface area contributed by atoms with Gasteiger partial charge in [-0.1, -0.05) is 36.5 Å². The van der Waals surface area contributed by atoms with Crippen LogP contribution >= 0.6 is 0 Å². The van der Waals surface area contributed by atoms with Crippen LogP contribution in [-0.2, 0) is 14.4 Å². The number of benzene rings is 1. The van der Waals surface area contributed by atoms with E-state index in [1.807, 2.05) is 0 Å². The van der Waals surface area contributed by atoms with Gasteiger partial charge in [0.05, 0.1) is 22.6 Å². The van der Waals surface area contributed by atoms with E-state index in [1.54, 1.807) is 37.8 Å². The van der Waals surface area contributed by atoms with Gasteiger partial charge in [0.2, 0.25) is 0 Å². The Hall–Kier alpha value is -2.90. The largest absolute Gasteiger partial charge is 0.444 e. The van der Waals surface area contributed by atoms with Gasteiger partial charge in [0.25, 0.3) is 11.8 Å². The van der Waals surface area contributed by atoms with Crippen molar-refractivity contribution in [3.63, 3.8) is 0 Å². The first kappa shape index (κ1) is 21.3. The van der Waals surface area contributed by atoms with Crippen molar-refractivity contribution in [3.8, 4) is 0 Å². The molecule has 8 nitrogen and oxygen atoms in total. The Morgan fingerprint density at radius 2 is 1.65 bits per heavy atom. The first-order valence-electron chi connectivity index (χ1n) is 10.8. The standard InChI is InChI=1S/C23H28N2O6/c1-22(2,3)30-21(29)24-14-13-23(12-8-4-5-11-17(23)24)20(28)31-25-18(26)15-9-6-7-10-16(15)19(25)27/h6-7,9-10,17H,4-5,8,11-14H2,1-3H3. The third kappa shape index (κ3) is 3.68. The maximum Gasteiger partial charge on any atom is 0.410 e. The minimum Gasteiger partial charge on any atom is -0.444 e. The first-order chi connectivity index (χ1) is 14.6. The van der Waals surface area contributed by atoms with Crippen molar-refractivity contribution in [1.82, 2.24) is 9.96 Å². The third-order valence-electron chi connectivity index (χ3n) is 6.38. The van der Waals surface area contributed by atoms with E-state index in [2.05, 4.69) is 0 Å². The van der Waals surface area contributed by atoms with E-state index in [9.17, 15) is 19.2 Å². The third-order valence-corrected chi connectivity index (χ3v) is 6.38. The molecule has 8 heteroatoms. The summed E-state index contributed by atoms with van der Waals surface area (Å²) in [4.78, 5) is 58.7. The molecule has 31 heavy (non-hydrogen) atoms. The Morgan fingerprint density at radius 1 is 1.00 bits per heavy atom. The summed E-state index contributed by atoms with van der Waals surface area (Å²) in [5.41, 5.74) is -1.16. The number of nitrogens with zero attached hydrogens (tertiary/aromatic N) is 2. The number of carbonyl (C=O) groups is 4. The molecule has 0 aromatic heterocycles. The lowest BCUT2D eigenvalue weighted by atomic mass is 9.76. The summed E-state index contributed by atoms with van der Waals surface area (Å²) < 4.78 is 5.56. The molecular weight excluding hydrogens is 400 g/mol. The lowest BCUT2D eigenvalue weighted by Crippen LogP contribution is -2.49. The fraction of sp³-hybridized carbons (Fsp3) is 0.565. The Bertz CT molecular complexity index is 901. The van der Waals surface area contributed by atoms with E-state index in [-0.39, 0.29) is 17.2 Å². The summed E-state index contributed by atoms with van der Waals surface area (Å²) in [5.74, 6) is -1.91. The van der Waals surface area contributed by atoms with Crippen molar-refractivity contribution >= 4 is 23.9 Å². The number of hydrogen-bond donors (Lipinski definition) is 0. The van der Waals surface area contributed by atoms with Gasteiger partial charge in [-0.3, -0.25) is 9.59 Å². The van der Waals surface area contributed by atoms with Gasteiger partial charge >= 0.3 is 12.1 Å². The van der Waals surface area contributed by atoms with Crippen molar-refractivity contribution < 1.29 is 28.8 Å². The van der Waals surface area contributed by atoms with Crippen LogP contribution in [0.4, 0.5) is 4.79 Å². The van der Waals surface area contributed by atoms with Gasteiger partial charge in [0.15, 0.2) is 0 Å². The molecule has 1 aromatic carbocycles. The van der Waals surface area contributed by atoms with E-state index in [0.717, 1.165) is 19.3 Å². The molecule has 2 atom stereocenters. The molecule has 166 valence electrons. The number of fused-ring (bicyclic) bond motifs is 2. The second kappa shape index (κ2) is 7.66. The monoisotopic (exact) mass is 428 g/mol. The maximum atomic E-state index is 13.5. The molecule has 0 spiro atoms. The molecule has 0 radical (unpaired) electrons. The lowest BCUT2D eigenvalue weighted by molar-refractivity contribution is -0.183. The van der Waals surface area contributed by atoms with Crippen LogP contribution in [-0.4, -0.2) is 52.0 Å². The molecule has 3 aliphatic rings. The van der Waals surface area contributed by atoms with Crippen molar-refractivity contribution in [2.75, 3.05) is 6.54 Å². The summed E-state index contributed by atoms with van der Waals surface area (Å²) in [6, 6.07) is 6.01. The average Bonchev–Trinajstić information content (AvgIpc) is 3.09. The van der Waals surface area contributed by atoms with Crippen LogP contribution < -0.4 is 0 Å². The Kier molecular flexibility index (Phi) is 5.27.